The second kappa shape index (κ2) is 4.26. The Balaban J connectivity index is 0.000001000. The third-order valence-corrected chi connectivity index (χ3v) is 1.22. The maximum Gasteiger partial charge on any atom is 0.146 e. The van der Waals surface area contributed by atoms with Crippen molar-refractivity contribution in [2.24, 2.45) is 5.73 Å². The van der Waals surface area contributed by atoms with Crippen LogP contribution >= 0.6 is 12.4 Å². The molecule has 2 nitrogen and oxygen atoms in total. The third kappa shape index (κ3) is 2.44. The van der Waals surface area contributed by atoms with Crippen molar-refractivity contribution >= 4 is 12.4 Å². The number of aromatic nitrogens is 1. The minimum Gasteiger partial charge on any atom is -0.323 e. The largest absolute Gasteiger partial charge is 0.323 e. The predicted octanol–water partition coefficient (Wildman–Crippen LogP) is 1.66. The maximum absolute atomic E-state index is 12.7. The first kappa shape index (κ1) is 10.3. The highest BCUT2D eigenvalue weighted by molar-refractivity contribution is 5.85. The van der Waals surface area contributed by atoms with Crippen LogP contribution < -0.4 is 5.73 Å². The van der Waals surface area contributed by atoms with Crippen LogP contribution in [0.15, 0.2) is 18.3 Å². The molecule has 0 aliphatic heterocycles. The molecule has 1 aromatic rings. The third-order valence-electron chi connectivity index (χ3n) is 1.22. The van der Waals surface area contributed by atoms with Gasteiger partial charge in [0.2, 0.25) is 0 Å². The minimum atomic E-state index is -0.336. The highest BCUT2D eigenvalue weighted by atomic mass is 35.5. The number of nitrogens with zero attached hydrogens (tertiary/aromatic N) is 1. The van der Waals surface area contributed by atoms with Gasteiger partial charge in [0, 0.05) is 12.2 Å². The molecule has 0 bridgehead atoms. The first-order valence-corrected chi connectivity index (χ1v) is 3.08. The van der Waals surface area contributed by atoms with E-state index >= 15 is 0 Å². The standard InChI is InChI=1S/C7H9FN2.ClH/c1-5(9)7-6(8)3-2-4-10-7;/h2-5H,9H2,1H3;1H. The van der Waals surface area contributed by atoms with Gasteiger partial charge in [-0.25, -0.2) is 4.39 Å². The monoisotopic (exact) mass is 176 g/mol. The van der Waals surface area contributed by atoms with Gasteiger partial charge in [-0.3, -0.25) is 4.98 Å². The summed E-state index contributed by atoms with van der Waals surface area (Å²) in [4.78, 5) is 3.78. The normalized spacial score (nSPS) is 11.9. The molecule has 0 aliphatic carbocycles. The SMILES string of the molecule is CC(N)c1ncccc1F.Cl. The van der Waals surface area contributed by atoms with Crippen molar-refractivity contribution in [2.75, 3.05) is 0 Å². The molecule has 1 aromatic heterocycles. The molecule has 1 heterocycles. The fraction of sp³-hybridized carbons (Fsp3) is 0.286. The average Bonchev–Trinajstić information content (AvgIpc) is 1.88. The summed E-state index contributed by atoms with van der Waals surface area (Å²) in [5.41, 5.74) is 5.73. The molecule has 11 heavy (non-hydrogen) atoms. The summed E-state index contributed by atoms with van der Waals surface area (Å²) in [5, 5.41) is 0. The molecule has 0 fully saturated rings. The lowest BCUT2D eigenvalue weighted by Crippen LogP contribution is -2.09. The maximum atomic E-state index is 12.7. The lowest BCUT2D eigenvalue weighted by molar-refractivity contribution is 0.579. The van der Waals surface area contributed by atoms with Crippen LogP contribution in [-0.2, 0) is 0 Å². The van der Waals surface area contributed by atoms with Crippen LogP contribution in [-0.4, -0.2) is 4.98 Å². The lowest BCUT2D eigenvalue weighted by atomic mass is 10.2. The smallest absolute Gasteiger partial charge is 0.146 e. The molecule has 0 saturated heterocycles. The van der Waals surface area contributed by atoms with Gasteiger partial charge in [0.1, 0.15) is 5.82 Å². The molecule has 1 atom stereocenters. The molecule has 0 radical (unpaired) electrons. The van der Waals surface area contributed by atoms with Crippen molar-refractivity contribution < 1.29 is 4.39 Å². The summed E-state index contributed by atoms with van der Waals surface area (Å²) in [7, 11) is 0. The van der Waals surface area contributed by atoms with E-state index in [2.05, 4.69) is 4.98 Å². The van der Waals surface area contributed by atoms with E-state index in [1.54, 1.807) is 13.0 Å². The molecule has 1 unspecified atom stereocenters. The van der Waals surface area contributed by atoms with Crippen molar-refractivity contribution in [3.63, 3.8) is 0 Å². The fourth-order valence-electron chi connectivity index (χ4n) is 0.733. The van der Waals surface area contributed by atoms with Gasteiger partial charge in [0.15, 0.2) is 0 Å². The summed E-state index contributed by atoms with van der Waals surface area (Å²) in [6.45, 7) is 1.70. The van der Waals surface area contributed by atoms with E-state index in [1.165, 1.54) is 12.3 Å². The van der Waals surface area contributed by atoms with E-state index in [-0.39, 0.29) is 24.3 Å². The van der Waals surface area contributed by atoms with E-state index in [0.717, 1.165) is 0 Å². The summed E-state index contributed by atoms with van der Waals surface area (Å²) in [5.74, 6) is -0.336. The Morgan fingerprint density at radius 2 is 2.27 bits per heavy atom. The molecule has 0 amide bonds. The summed E-state index contributed by atoms with van der Waals surface area (Å²) in [6, 6.07) is 2.56. The van der Waals surface area contributed by atoms with Gasteiger partial charge in [0.25, 0.3) is 0 Å². The van der Waals surface area contributed by atoms with Crippen LogP contribution in [0, 0.1) is 5.82 Å². The first-order chi connectivity index (χ1) is 4.72. The van der Waals surface area contributed by atoms with Gasteiger partial charge in [0.05, 0.1) is 5.69 Å². The molecule has 62 valence electrons. The van der Waals surface area contributed by atoms with E-state index in [1.807, 2.05) is 0 Å². The Morgan fingerprint density at radius 3 is 2.64 bits per heavy atom. The molecular weight excluding hydrogens is 167 g/mol. The van der Waals surface area contributed by atoms with Crippen LogP contribution in [0.4, 0.5) is 4.39 Å². The average molecular weight is 177 g/mol. The summed E-state index contributed by atoms with van der Waals surface area (Å²) in [6.07, 6.45) is 1.53. The van der Waals surface area contributed by atoms with Crippen LogP contribution in [0.1, 0.15) is 18.7 Å². The molecule has 0 aromatic carbocycles. The fourth-order valence-corrected chi connectivity index (χ4v) is 0.733. The van der Waals surface area contributed by atoms with Crippen molar-refractivity contribution in [3.8, 4) is 0 Å². The van der Waals surface area contributed by atoms with E-state index in [9.17, 15) is 4.39 Å². The molecule has 0 saturated carbocycles. The van der Waals surface area contributed by atoms with E-state index < -0.39 is 0 Å². The van der Waals surface area contributed by atoms with Crippen LogP contribution in [0.25, 0.3) is 0 Å². The molecule has 4 heteroatoms. The van der Waals surface area contributed by atoms with Gasteiger partial charge in [-0.15, -0.1) is 12.4 Å². The summed E-state index contributed by atoms with van der Waals surface area (Å²) < 4.78 is 12.7. The number of hydrogen-bond acceptors (Lipinski definition) is 2. The highest BCUT2D eigenvalue weighted by Crippen LogP contribution is 2.09. The number of rotatable bonds is 1. The Labute approximate surface area is 71.0 Å². The van der Waals surface area contributed by atoms with E-state index in [4.69, 9.17) is 5.73 Å². The highest BCUT2D eigenvalue weighted by Gasteiger charge is 2.05. The topological polar surface area (TPSA) is 38.9 Å². The number of hydrogen-bond donors (Lipinski definition) is 1. The Kier molecular flexibility index (Phi) is 4.00. The predicted molar refractivity (Wildman–Crippen MR) is 44.0 cm³/mol. The zero-order chi connectivity index (χ0) is 7.56. The Hall–Kier alpha value is -0.670. The van der Waals surface area contributed by atoms with Gasteiger partial charge in [-0.05, 0) is 19.1 Å². The van der Waals surface area contributed by atoms with E-state index in [0.29, 0.717) is 5.69 Å². The number of halogens is 2. The van der Waals surface area contributed by atoms with Crippen LogP contribution in [0.5, 0.6) is 0 Å². The summed E-state index contributed by atoms with van der Waals surface area (Å²) >= 11 is 0. The molecular formula is C7H10ClFN2. The molecule has 2 N–H and O–H groups in total. The van der Waals surface area contributed by atoms with Gasteiger partial charge in [-0.1, -0.05) is 0 Å². The molecule has 0 spiro atoms. The van der Waals surface area contributed by atoms with Gasteiger partial charge < -0.3 is 5.73 Å². The quantitative estimate of drug-likeness (QED) is 0.707. The second-order valence-corrected chi connectivity index (χ2v) is 2.16. The molecule has 0 aliphatic rings. The number of nitrogens with two attached hydrogens (primary N) is 1. The Morgan fingerprint density at radius 1 is 1.64 bits per heavy atom. The van der Waals surface area contributed by atoms with Gasteiger partial charge in [-0.2, -0.15) is 0 Å². The minimum absolute atomic E-state index is 0. The first-order valence-electron chi connectivity index (χ1n) is 3.08. The van der Waals surface area contributed by atoms with Crippen molar-refractivity contribution in [1.29, 1.82) is 0 Å². The van der Waals surface area contributed by atoms with Crippen LogP contribution in [0.3, 0.4) is 0 Å². The second-order valence-electron chi connectivity index (χ2n) is 2.16. The molecule has 1 rings (SSSR count). The van der Waals surface area contributed by atoms with Gasteiger partial charge >= 0.3 is 0 Å². The Bertz CT molecular complexity index is 227. The van der Waals surface area contributed by atoms with Crippen molar-refractivity contribution in [3.05, 3.63) is 29.8 Å². The lowest BCUT2D eigenvalue weighted by Gasteiger charge is -2.03. The number of pyridine rings is 1. The van der Waals surface area contributed by atoms with Crippen molar-refractivity contribution in [1.82, 2.24) is 4.98 Å². The van der Waals surface area contributed by atoms with Crippen LogP contribution in [0.2, 0.25) is 0 Å². The van der Waals surface area contributed by atoms with Crippen molar-refractivity contribution in [2.45, 2.75) is 13.0 Å². The zero-order valence-electron chi connectivity index (χ0n) is 6.12. The zero-order valence-corrected chi connectivity index (χ0v) is 6.94.